The minimum absolute atomic E-state index is 0.169. The molecule has 0 aliphatic rings. The summed E-state index contributed by atoms with van der Waals surface area (Å²) in [6, 6.07) is 7.16. The van der Waals surface area contributed by atoms with Crippen LogP contribution in [0.25, 0.3) is 0 Å². The summed E-state index contributed by atoms with van der Waals surface area (Å²) in [5, 5.41) is 3.52. The highest BCUT2D eigenvalue weighted by Gasteiger charge is 2.09. The minimum atomic E-state index is -0.169. The Morgan fingerprint density at radius 2 is 1.94 bits per heavy atom. The number of unbranched alkanes of at least 4 members (excludes halogenated alkanes) is 1. The summed E-state index contributed by atoms with van der Waals surface area (Å²) in [5.41, 5.74) is 2.49. The highest BCUT2D eigenvalue weighted by Crippen LogP contribution is 2.19. The zero-order valence-corrected chi connectivity index (χ0v) is 11.7. The van der Waals surface area contributed by atoms with Gasteiger partial charge in [0, 0.05) is 12.6 Å². The van der Waals surface area contributed by atoms with E-state index in [1.54, 1.807) is 0 Å². The molecule has 0 saturated carbocycles. The van der Waals surface area contributed by atoms with E-state index in [2.05, 4.69) is 32.2 Å². The molecule has 0 aliphatic heterocycles. The molecule has 1 rings (SSSR count). The van der Waals surface area contributed by atoms with Crippen LogP contribution in [0, 0.1) is 5.82 Å². The topological polar surface area (TPSA) is 12.0 Å². The SMILES string of the molecule is CCCCC(NCC=C(C)C)c1ccc(F)cc1. The Bertz CT molecular complexity index is 363. The van der Waals surface area contributed by atoms with Crippen molar-refractivity contribution in [2.45, 2.75) is 46.1 Å². The number of rotatable bonds is 7. The fourth-order valence-corrected chi connectivity index (χ4v) is 1.90. The Hall–Kier alpha value is -1.15. The Morgan fingerprint density at radius 1 is 1.28 bits per heavy atom. The molecular weight excluding hydrogens is 225 g/mol. The summed E-state index contributed by atoms with van der Waals surface area (Å²) in [4.78, 5) is 0. The molecule has 100 valence electrons. The first-order valence-corrected chi connectivity index (χ1v) is 6.75. The van der Waals surface area contributed by atoms with E-state index in [4.69, 9.17) is 0 Å². The summed E-state index contributed by atoms with van der Waals surface area (Å²) < 4.78 is 12.9. The predicted octanol–water partition coefficient (Wildman–Crippen LogP) is 4.61. The van der Waals surface area contributed by atoms with Gasteiger partial charge in [0.1, 0.15) is 5.82 Å². The van der Waals surface area contributed by atoms with Crippen molar-refractivity contribution in [3.8, 4) is 0 Å². The van der Waals surface area contributed by atoms with E-state index in [1.165, 1.54) is 36.1 Å². The molecule has 1 atom stereocenters. The number of allylic oxidation sites excluding steroid dienone is 1. The number of hydrogen-bond acceptors (Lipinski definition) is 1. The van der Waals surface area contributed by atoms with Gasteiger partial charge in [0.25, 0.3) is 0 Å². The van der Waals surface area contributed by atoms with E-state index in [1.807, 2.05) is 12.1 Å². The molecule has 0 bridgehead atoms. The van der Waals surface area contributed by atoms with Crippen LogP contribution >= 0.6 is 0 Å². The third-order valence-corrected chi connectivity index (χ3v) is 2.99. The third kappa shape index (κ3) is 5.46. The second-order valence-electron chi connectivity index (χ2n) is 4.94. The molecule has 0 amide bonds. The number of benzene rings is 1. The number of halogens is 1. The summed E-state index contributed by atoms with van der Waals surface area (Å²) in [7, 11) is 0. The van der Waals surface area contributed by atoms with Crippen LogP contribution in [0.1, 0.15) is 51.6 Å². The van der Waals surface area contributed by atoms with Gasteiger partial charge >= 0.3 is 0 Å². The maximum absolute atomic E-state index is 12.9. The molecule has 0 spiro atoms. The van der Waals surface area contributed by atoms with Gasteiger partial charge in [-0.1, -0.05) is 43.5 Å². The van der Waals surface area contributed by atoms with E-state index in [9.17, 15) is 4.39 Å². The van der Waals surface area contributed by atoms with Crippen molar-refractivity contribution in [1.29, 1.82) is 0 Å². The summed E-state index contributed by atoms with van der Waals surface area (Å²) in [6.07, 6.45) is 5.65. The van der Waals surface area contributed by atoms with Gasteiger partial charge in [-0.2, -0.15) is 0 Å². The molecule has 0 saturated heterocycles. The van der Waals surface area contributed by atoms with Crippen molar-refractivity contribution >= 4 is 0 Å². The molecule has 18 heavy (non-hydrogen) atoms. The summed E-state index contributed by atoms with van der Waals surface area (Å²) in [6.45, 7) is 7.26. The van der Waals surface area contributed by atoms with Crippen molar-refractivity contribution in [3.63, 3.8) is 0 Å². The Morgan fingerprint density at radius 3 is 2.50 bits per heavy atom. The van der Waals surface area contributed by atoms with Gasteiger partial charge in [-0.25, -0.2) is 4.39 Å². The molecule has 0 radical (unpaired) electrons. The smallest absolute Gasteiger partial charge is 0.123 e. The maximum atomic E-state index is 12.9. The highest BCUT2D eigenvalue weighted by molar-refractivity contribution is 5.20. The van der Waals surface area contributed by atoms with Crippen LogP contribution in [0.5, 0.6) is 0 Å². The first kappa shape index (κ1) is 14.9. The lowest BCUT2D eigenvalue weighted by atomic mass is 10.0. The van der Waals surface area contributed by atoms with Crippen molar-refractivity contribution in [1.82, 2.24) is 5.32 Å². The van der Waals surface area contributed by atoms with E-state index < -0.39 is 0 Å². The third-order valence-electron chi connectivity index (χ3n) is 2.99. The lowest BCUT2D eigenvalue weighted by molar-refractivity contribution is 0.503. The van der Waals surface area contributed by atoms with Crippen molar-refractivity contribution in [2.24, 2.45) is 0 Å². The fraction of sp³-hybridized carbons (Fsp3) is 0.500. The molecule has 1 nitrogen and oxygen atoms in total. The predicted molar refractivity (Wildman–Crippen MR) is 76.1 cm³/mol. The molecule has 1 aromatic carbocycles. The van der Waals surface area contributed by atoms with Crippen molar-refractivity contribution < 1.29 is 4.39 Å². The molecular formula is C16H24FN. The lowest BCUT2D eigenvalue weighted by Gasteiger charge is -2.18. The molecule has 1 aromatic rings. The largest absolute Gasteiger partial charge is 0.306 e. The monoisotopic (exact) mass is 249 g/mol. The average molecular weight is 249 g/mol. The number of nitrogens with one attached hydrogen (secondary N) is 1. The molecule has 1 N–H and O–H groups in total. The minimum Gasteiger partial charge on any atom is -0.306 e. The van der Waals surface area contributed by atoms with Crippen LogP contribution in [0.15, 0.2) is 35.9 Å². The standard InChI is InChI=1S/C16H24FN/c1-4-5-6-16(18-12-11-13(2)3)14-7-9-15(17)10-8-14/h7-11,16,18H,4-6,12H2,1-3H3. The van der Waals surface area contributed by atoms with E-state index in [0.29, 0.717) is 6.04 Å². The summed E-state index contributed by atoms with van der Waals surface area (Å²) >= 11 is 0. The molecule has 0 aromatic heterocycles. The number of hydrogen-bond donors (Lipinski definition) is 1. The van der Waals surface area contributed by atoms with Gasteiger partial charge in [-0.15, -0.1) is 0 Å². The first-order chi connectivity index (χ1) is 8.63. The fourth-order valence-electron chi connectivity index (χ4n) is 1.90. The molecule has 0 aliphatic carbocycles. The van der Waals surface area contributed by atoms with Crippen LogP contribution in [-0.4, -0.2) is 6.54 Å². The van der Waals surface area contributed by atoms with Gasteiger partial charge in [0.15, 0.2) is 0 Å². The van der Waals surface area contributed by atoms with Crippen molar-refractivity contribution in [3.05, 3.63) is 47.3 Å². The molecule has 2 heteroatoms. The van der Waals surface area contributed by atoms with Crippen LogP contribution in [0.2, 0.25) is 0 Å². The van der Waals surface area contributed by atoms with Gasteiger partial charge < -0.3 is 5.32 Å². The Labute approximate surface area is 110 Å². The Balaban J connectivity index is 2.64. The van der Waals surface area contributed by atoms with Crippen LogP contribution < -0.4 is 5.32 Å². The second-order valence-corrected chi connectivity index (χ2v) is 4.94. The van der Waals surface area contributed by atoms with Gasteiger partial charge in [0.05, 0.1) is 0 Å². The van der Waals surface area contributed by atoms with Gasteiger partial charge in [-0.05, 0) is 38.0 Å². The Kier molecular flexibility index (Phi) is 6.66. The zero-order valence-electron chi connectivity index (χ0n) is 11.7. The second kappa shape index (κ2) is 8.04. The maximum Gasteiger partial charge on any atom is 0.123 e. The molecule has 0 fully saturated rings. The van der Waals surface area contributed by atoms with Crippen LogP contribution in [-0.2, 0) is 0 Å². The average Bonchev–Trinajstić information content (AvgIpc) is 2.34. The molecule has 1 unspecified atom stereocenters. The van der Waals surface area contributed by atoms with Gasteiger partial charge in [0.2, 0.25) is 0 Å². The van der Waals surface area contributed by atoms with Crippen LogP contribution in [0.4, 0.5) is 4.39 Å². The van der Waals surface area contributed by atoms with Gasteiger partial charge in [-0.3, -0.25) is 0 Å². The zero-order chi connectivity index (χ0) is 13.4. The van der Waals surface area contributed by atoms with E-state index in [0.717, 1.165) is 13.0 Å². The lowest BCUT2D eigenvalue weighted by Crippen LogP contribution is -2.21. The van der Waals surface area contributed by atoms with E-state index in [-0.39, 0.29) is 5.82 Å². The van der Waals surface area contributed by atoms with Crippen LogP contribution in [0.3, 0.4) is 0 Å². The molecule has 0 heterocycles. The quantitative estimate of drug-likeness (QED) is 0.696. The summed E-state index contributed by atoms with van der Waals surface area (Å²) in [5.74, 6) is -0.169. The normalized spacial score (nSPS) is 12.2. The van der Waals surface area contributed by atoms with E-state index >= 15 is 0 Å². The first-order valence-electron chi connectivity index (χ1n) is 6.75. The van der Waals surface area contributed by atoms with Crippen molar-refractivity contribution in [2.75, 3.05) is 6.54 Å². The highest BCUT2D eigenvalue weighted by atomic mass is 19.1.